The van der Waals surface area contributed by atoms with Crippen molar-refractivity contribution in [2.75, 3.05) is 0 Å². The minimum Gasteiger partial charge on any atom is -0.456 e. The third kappa shape index (κ3) is 4.11. The van der Waals surface area contributed by atoms with Gasteiger partial charge in [0.2, 0.25) is 0 Å². The molecule has 0 N–H and O–H groups in total. The van der Waals surface area contributed by atoms with E-state index < -0.39 is 0 Å². The first-order valence-corrected chi connectivity index (χ1v) is 18.5. The van der Waals surface area contributed by atoms with Crippen molar-refractivity contribution in [2.45, 2.75) is 0 Å². The number of rotatable bonds is 3. The van der Waals surface area contributed by atoms with E-state index in [0.717, 1.165) is 60.6 Å². The van der Waals surface area contributed by atoms with Crippen LogP contribution in [0.5, 0.6) is 0 Å². The van der Waals surface area contributed by atoms with E-state index in [4.69, 9.17) is 8.83 Å². The Morgan fingerprint density at radius 2 is 0.815 bits per heavy atom. The highest BCUT2D eigenvalue weighted by molar-refractivity contribution is 6.28. The highest BCUT2D eigenvalue weighted by atomic mass is 16.3. The Labute approximate surface area is 310 Å². The van der Waals surface area contributed by atoms with E-state index in [-0.39, 0.29) is 0 Å². The summed E-state index contributed by atoms with van der Waals surface area (Å²) in [4.78, 5) is 0. The topological polar surface area (TPSA) is 26.3 Å². The lowest BCUT2D eigenvalue weighted by Crippen LogP contribution is -1.92. The van der Waals surface area contributed by atoms with Crippen molar-refractivity contribution < 1.29 is 8.83 Å². The van der Waals surface area contributed by atoms with E-state index in [1.807, 2.05) is 12.1 Å². The Bertz CT molecular complexity index is 3450. The Kier molecular flexibility index (Phi) is 6.09. The molecule has 0 aliphatic carbocycles. The standard InChI is InChI=1S/C52H30O2/c1-2-13-34-31(12-1)24-25-32-30-33(26-27-35(32)34)48-36-14-3-5-16-38(36)49(39-17-6-4-15-37(39)48)44-29-28-41(52-51(44)43-19-8-10-22-46(43)54-52)40-20-11-23-47-50(40)42-18-7-9-21-45(42)53-47/h1-30H. The van der Waals surface area contributed by atoms with Gasteiger partial charge in [0, 0.05) is 27.1 Å². The minimum absolute atomic E-state index is 0.872. The van der Waals surface area contributed by atoms with E-state index >= 15 is 0 Å². The van der Waals surface area contributed by atoms with Gasteiger partial charge in [0.15, 0.2) is 0 Å². The monoisotopic (exact) mass is 686 g/mol. The van der Waals surface area contributed by atoms with Crippen LogP contribution in [0, 0.1) is 0 Å². The van der Waals surface area contributed by atoms with Crippen LogP contribution < -0.4 is 0 Å². The van der Waals surface area contributed by atoms with Gasteiger partial charge in [0.1, 0.15) is 22.3 Å². The first kappa shape index (κ1) is 29.4. The van der Waals surface area contributed by atoms with Crippen molar-refractivity contribution in [1.29, 1.82) is 0 Å². The Morgan fingerprint density at radius 1 is 0.278 bits per heavy atom. The maximum absolute atomic E-state index is 6.90. The maximum Gasteiger partial charge on any atom is 0.143 e. The molecule has 10 aromatic carbocycles. The molecule has 54 heavy (non-hydrogen) atoms. The first-order valence-electron chi connectivity index (χ1n) is 18.5. The second-order valence-electron chi connectivity index (χ2n) is 14.3. The smallest absolute Gasteiger partial charge is 0.143 e. The van der Waals surface area contributed by atoms with Crippen LogP contribution in [-0.4, -0.2) is 0 Å². The number of benzene rings is 10. The molecule has 0 amide bonds. The summed E-state index contributed by atoms with van der Waals surface area (Å²) in [7, 11) is 0. The maximum atomic E-state index is 6.90. The molecular weight excluding hydrogens is 657 g/mol. The van der Waals surface area contributed by atoms with Gasteiger partial charge in [-0.3, -0.25) is 0 Å². The fourth-order valence-corrected chi connectivity index (χ4v) is 9.15. The molecule has 0 fully saturated rings. The summed E-state index contributed by atoms with van der Waals surface area (Å²) in [5.74, 6) is 0. The van der Waals surface area contributed by atoms with Crippen LogP contribution in [0.3, 0.4) is 0 Å². The Balaban J connectivity index is 1.17. The van der Waals surface area contributed by atoms with Crippen LogP contribution in [0.1, 0.15) is 0 Å². The van der Waals surface area contributed by atoms with E-state index in [2.05, 4.69) is 170 Å². The van der Waals surface area contributed by atoms with Gasteiger partial charge in [-0.05, 0) is 101 Å². The molecule has 0 unspecified atom stereocenters. The predicted octanol–water partition coefficient (Wildman–Crippen LogP) is 15.1. The molecule has 0 radical (unpaired) electrons. The molecule has 2 heterocycles. The van der Waals surface area contributed by atoms with Crippen LogP contribution in [-0.2, 0) is 0 Å². The lowest BCUT2D eigenvalue weighted by atomic mass is 9.84. The normalized spacial score (nSPS) is 12.1. The van der Waals surface area contributed by atoms with E-state index in [9.17, 15) is 0 Å². The zero-order valence-electron chi connectivity index (χ0n) is 29.1. The summed E-state index contributed by atoms with van der Waals surface area (Å²) < 4.78 is 13.2. The molecule has 2 heteroatoms. The summed E-state index contributed by atoms with van der Waals surface area (Å²) >= 11 is 0. The molecule has 12 aromatic rings. The summed E-state index contributed by atoms with van der Waals surface area (Å²) in [6.45, 7) is 0. The first-order chi connectivity index (χ1) is 26.8. The lowest BCUT2D eigenvalue weighted by Gasteiger charge is -2.19. The molecule has 250 valence electrons. The van der Waals surface area contributed by atoms with Crippen LogP contribution in [0.2, 0.25) is 0 Å². The molecule has 0 saturated heterocycles. The van der Waals surface area contributed by atoms with Crippen LogP contribution in [0.25, 0.3) is 120 Å². The van der Waals surface area contributed by atoms with Gasteiger partial charge in [-0.25, -0.2) is 0 Å². The number of furan rings is 2. The highest BCUT2D eigenvalue weighted by Crippen LogP contribution is 2.50. The van der Waals surface area contributed by atoms with Gasteiger partial charge in [-0.2, -0.15) is 0 Å². The Morgan fingerprint density at radius 3 is 1.56 bits per heavy atom. The van der Waals surface area contributed by atoms with Gasteiger partial charge in [0.05, 0.1) is 0 Å². The van der Waals surface area contributed by atoms with Crippen molar-refractivity contribution in [2.24, 2.45) is 0 Å². The predicted molar refractivity (Wildman–Crippen MR) is 227 cm³/mol. The lowest BCUT2D eigenvalue weighted by molar-refractivity contribution is 0.668. The van der Waals surface area contributed by atoms with Crippen molar-refractivity contribution in [3.8, 4) is 33.4 Å². The SMILES string of the molecule is c1ccc2c(c1)ccc1cc(-c3c4ccccc4c(-c4ccc(-c5cccc6oc7ccccc7c56)c5oc6ccccc6c45)c4ccccc34)ccc12. The van der Waals surface area contributed by atoms with Gasteiger partial charge >= 0.3 is 0 Å². The van der Waals surface area contributed by atoms with E-state index in [1.54, 1.807) is 0 Å². The van der Waals surface area contributed by atoms with Gasteiger partial charge in [-0.1, -0.05) is 152 Å². The largest absolute Gasteiger partial charge is 0.456 e. The fourth-order valence-electron chi connectivity index (χ4n) is 9.15. The molecule has 0 atom stereocenters. The second kappa shape index (κ2) is 11.2. The quantitative estimate of drug-likeness (QED) is 0.137. The van der Waals surface area contributed by atoms with Gasteiger partial charge in [0.25, 0.3) is 0 Å². The number of hydrogen-bond acceptors (Lipinski definition) is 2. The van der Waals surface area contributed by atoms with Gasteiger partial charge in [-0.15, -0.1) is 0 Å². The number of hydrogen-bond donors (Lipinski definition) is 0. The average Bonchev–Trinajstić information content (AvgIpc) is 3.82. The van der Waals surface area contributed by atoms with Crippen LogP contribution >= 0.6 is 0 Å². The number of fused-ring (bicyclic) bond motifs is 11. The van der Waals surface area contributed by atoms with Crippen molar-refractivity contribution in [3.05, 3.63) is 182 Å². The molecule has 0 aliphatic heterocycles. The second-order valence-corrected chi connectivity index (χ2v) is 14.3. The minimum atomic E-state index is 0.872. The molecule has 2 aromatic heterocycles. The van der Waals surface area contributed by atoms with Gasteiger partial charge < -0.3 is 8.83 Å². The zero-order valence-corrected chi connectivity index (χ0v) is 29.1. The summed E-state index contributed by atoms with van der Waals surface area (Å²) in [6.07, 6.45) is 0. The van der Waals surface area contributed by atoms with E-state index in [0.29, 0.717) is 0 Å². The summed E-state index contributed by atoms with van der Waals surface area (Å²) in [6, 6.07) is 65.6. The molecule has 2 nitrogen and oxygen atoms in total. The van der Waals surface area contributed by atoms with Crippen molar-refractivity contribution in [3.63, 3.8) is 0 Å². The third-order valence-electron chi connectivity index (χ3n) is 11.5. The molecule has 0 aliphatic rings. The number of para-hydroxylation sites is 2. The highest BCUT2D eigenvalue weighted by Gasteiger charge is 2.23. The molecule has 0 bridgehead atoms. The van der Waals surface area contributed by atoms with Crippen molar-refractivity contribution in [1.82, 2.24) is 0 Å². The zero-order chi connectivity index (χ0) is 35.3. The molecular formula is C52H30O2. The van der Waals surface area contributed by atoms with Crippen molar-refractivity contribution >= 4 is 87.0 Å². The summed E-state index contributed by atoms with van der Waals surface area (Å²) in [5.41, 5.74) is 10.5. The Hall–Kier alpha value is -7.16. The third-order valence-corrected chi connectivity index (χ3v) is 11.5. The van der Waals surface area contributed by atoms with Crippen LogP contribution in [0.4, 0.5) is 0 Å². The van der Waals surface area contributed by atoms with Crippen LogP contribution in [0.15, 0.2) is 191 Å². The summed E-state index contributed by atoms with van der Waals surface area (Å²) in [5, 5.41) is 14.4. The average molecular weight is 687 g/mol. The van der Waals surface area contributed by atoms with E-state index in [1.165, 1.54) is 59.8 Å². The molecule has 0 saturated carbocycles. The molecule has 12 rings (SSSR count). The fraction of sp³-hybridized carbons (Fsp3) is 0. The molecule has 0 spiro atoms.